The van der Waals surface area contributed by atoms with Gasteiger partial charge in [0, 0.05) is 33.9 Å². The highest BCUT2D eigenvalue weighted by Gasteiger charge is 2.32. The third kappa shape index (κ3) is 1.87. The maximum absolute atomic E-state index is 3.80. The van der Waals surface area contributed by atoms with Gasteiger partial charge in [0.05, 0.1) is 6.04 Å². The van der Waals surface area contributed by atoms with E-state index in [9.17, 15) is 0 Å². The van der Waals surface area contributed by atoms with Crippen LogP contribution in [-0.4, -0.2) is 4.98 Å². The van der Waals surface area contributed by atoms with Crippen molar-refractivity contribution in [2.75, 3.05) is 5.32 Å². The topological polar surface area (TPSA) is 27.8 Å². The van der Waals surface area contributed by atoms with Gasteiger partial charge in [-0.1, -0.05) is 44.5 Å². The Bertz CT molecular complexity index is 865. The van der Waals surface area contributed by atoms with Gasteiger partial charge in [-0.2, -0.15) is 0 Å². The molecule has 4 rings (SSSR count). The van der Waals surface area contributed by atoms with E-state index in [2.05, 4.69) is 80.6 Å². The first-order valence-electron chi connectivity index (χ1n) is 7.93. The Morgan fingerprint density at radius 2 is 1.82 bits per heavy atom. The Balaban J connectivity index is 2.12. The minimum Gasteiger partial charge on any atom is -0.377 e. The van der Waals surface area contributed by atoms with Gasteiger partial charge in [0.25, 0.3) is 0 Å². The number of hydrogen-bond donors (Lipinski definition) is 2. The van der Waals surface area contributed by atoms with Crippen LogP contribution < -0.4 is 5.32 Å². The first-order valence-corrected chi connectivity index (χ1v) is 7.93. The normalized spacial score (nSPS) is 17.0. The zero-order chi connectivity index (χ0) is 15.5. The lowest BCUT2D eigenvalue weighted by Gasteiger charge is -2.31. The molecule has 22 heavy (non-hydrogen) atoms. The largest absolute Gasteiger partial charge is 0.377 e. The van der Waals surface area contributed by atoms with Crippen LogP contribution >= 0.6 is 0 Å². The summed E-state index contributed by atoms with van der Waals surface area (Å²) >= 11 is 0. The van der Waals surface area contributed by atoms with Crippen molar-refractivity contribution in [3.05, 3.63) is 53.7 Å². The second kappa shape index (κ2) is 4.39. The number of hydrogen-bond acceptors (Lipinski definition) is 1. The smallest absolute Gasteiger partial charge is 0.0583 e. The molecule has 0 fully saturated rings. The van der Waals surface area contributed by atoms with Gasteiger partial charge < -0.3 is 10.3 Å². The zero-order valence-electron chi connectivity index (χ0n) is 13.6. The van der Waals surface area contributed by atoms with Gasteiger partial charge >= 0.3 is 0 Å². The molecule has 0 saturated heterocycles. The van der Waals surface area contributed by atoms with Gasteiger partial charge in [0.2, 0.25) is 0 Å². The molecule has 112 valence electrons. The molecule has 2 aromatic carbocycles. The SMILES string of the molecule is Cc1ccc2c(c1)-c1cccc3[nH]cc(c13)C(C(C)(C)C)N2. The lowest BCUT2D eigenvalue weighted by Crippen LogP contribution is -2.25. The molecule has 2 heterocycles. The molecule has 2 heteroatoms. The summed E-state index contributed by atoms with van der Waals surface area (Å²) in [6, 6.07) is 13.5. The van der Waals surface area contributed by atoms with Crippen molar-refractivity contribution in [2.45, 2.75) is 33.7 Å². The summed E-state index contributed by atoms with van der Waals surface area (Å²) in [7, 11) is 0. The van der Waals surface area contributed by atoms with Crippen LogP contribution in [0.3, 0.4) is 0 Å². The quantitative estimate of drug-likeness (QED) is 0.549. The van der Waals surface area contributed by atoms with E-state index in [4.69, 9.17) is 0 Å². The summed E-state index contributed by atoms with van der Waals surface area (Å²) in [6.07, 6.45) is 2.18. The van der Waals surface area contributed by atoms with Crippen molar-refractivity contribution in [1.82, 2.24) is 4.98 Å². The summed E-state index contributed by atoms with van der Waals surface area (Å²) in [4.78, 5) is 3.46. The molecule has 2 nitrogen and oxygen atoms in total. The number of benzene rings is 2. The van der Waals surface area contributed by atoms with Crippen LogP contribution in [0.2, 0.25) is 0 Å². The van der Waals surface area contributed by atoms with Crippen LogP contribution in [0.5, 0.6) is 0 Å². The zero-order valence-corrected chi connectivity index (χ0v) is 13.6. The van der Waals surface area contributed by atoms with E-state index in [-0.39, 0.29) is 11.5 Å². The Kier molecular flexibility index (Phi) is 2.68. The molecule has 3 aromatic rings. The van der Waals surface area contributed by atoms with E-state index >= 15 is 0 Å². The molecule has 0 bridgehead atoms. The van der Waals surface area contributed by atoms with Crippen LogP contribution in [0.1, 0.15) is 37.9 Å². The molecule has 0 amide bonds. The fraction of sp³-hybridized carbons (Fsp3) is 0.300. The molecule has 0 radical (unpaired) electrons. The number of aryl methyl sites for hydroxylation is 1. The first-order chi connectivity index (χ1) is 10.4. The third-order valence-corrected chi connectivity index (χ3v) is 4.68. The second-order valence-corrected chi connectivity index (χ2v) is 7.46. The lowest BCUT2D eigenvalue weighted by molar-refractivity contribution is 0.349. The molecule has 0 aliphatic carbocycles. The molecule has 1 atom stereocenters. The summed E-state index contributed by atoms with van der Waals surface area (Å²) in [5.74, 6) is 0. The molecule has 2 N–H and O–H groups in total. The summed E-state index contributed by atoms with van der Waals surface area (Å²) in [5.41, 5.74) is 7.88. The van der Waals surface area contributed by atoms with E-state index in [0.29, 0.717) is 0 Å². The highest BCUT2D eigenvalue weighted by atomic mass is 15.0. The maximum atomic E-state index is 3.80. The molecule has 1 aliphatic rings. The minimum absolute atomic E-state index is 0.134. The molecule has 1 aromatic heterocycles. The molecule has 1 aliphatic heterocycles. The fourth-order valence-corrected chi connectivity index (χ4v) is 3.59. The van der Waals surface area contributed by atoms with E-state index in [0.717, 1.165) is 0 Å². The number of aromatic nitrogens is 1. The third-order valence-electron chi connectivity index (χ3n) is 4.68. The predicted octanol–water partition coefficient (Wildman–Crippen LogP) is 5.66. The maximum Gasteiger partial charge on any atom is 0.0583 e. The Labute approximate surface area is 131 Å². The number of aromatic amines is 1. The number of anilines is 1. The number of fused-ring (bicyclic) bond motifs is 2. The average Bonchev–Trinajstić information content (AvgIpc) is 2.81. The van der Waals surface area contributed by atoms with Crippen LogP contribution in [0, 0.1) is 12.3 Å². The van der Waals surface area contributed by atoms with Crippen LogP contribution in [0.25, 0.3) is 22.0 Å². The Morgan fingerprint density at radius 3 is 2.59 bits per heavy atom. The fourth-order valence-electron chi connectivity index (χ4n) is 3.59. The average molecular weight is 290 g/mol. The number of rotatable bonds is 0. The standard InChI is InChI=1S/C20H22N2/c1-12-8-9-16-14(10-12)13-6-5-7-17-18(13)15(11-21-17)19(22-16)20(2,3)4/h5-11,19,21-22H,1-4H3. The van der Waals surface area contributed by atoms with Crippen LogP contribution in [0.15, 0.2) is 42.6 Å². The highest BCUT2D eigenvalue weighted by molar-refractivity contribution is 6.02. The Hall–Kier alpha value is -2.22. The van der Waals surface area contributed by atoms with E-state index in [1.54, 1.807) is 0 Å². The molecule has 0 spiro atoms. The highest BCUT2D eigenvalue weighted by Crippen LogP contribution is 2.47. The molecular formula is C20H22N2. The summed E-state index contributed by atoms with van der Waals surface area (Å²) < 4.78 is 0. The van der Waals surface area contributed by atoms with Gasteiger partial charge in [-0.05, 0) is 36.1 Å². The second-order valence-electron chi connectivity index (χ2n) is 7.46. The van der Waals surface area contributed by atoms with Crippen LogP contribution in [0.4, 0.5) is 5.69 Å². The van der Waals surface area contributed by atoms with Crippen molar-refractivity contribution in [2.24, 2.45) is 5.41 Å². The summed E-state index contributed by atoms with van der Waals surface area (Å²) in [5, 5.41) is 5.16. The molecular weight excluding hydrogens is 268 g/mol. The minimum atomic E-state index is 0.134. The lowest BCUT2D eigenvalue weighted by atomic mass is 9.82. The van der Waals surface area contributed by atoms with Crippen molar-refractivity contribution >= 4 is 16.6 Å². The summed E-state index contributed by atoms with van der Waals surface area (Å²) in [6.45, 7) is 9.05. The first kappa shape index (κ1) is 13.4. The van der Waals surface area contributed by atoms with E-state index in [1.807, 2.05) is 0 Å². The monoisotopic (exact) mass is 290 g/mol. The molecule has 1 unspecified atom stereocenters. The van der Waals surface area contributed by atoms with Crippen molar-refractivity contribution in [3.8, 4) is 11.1 Å². The number of H-pyrrole nitrogens is 1. The van der Waals surface area contributed by atoms with Gasteiger partial charge in [-0.15, -0.1) is 0 Å². The predicted molar refractivity (Wildman–Crippen MR) is 94.3 cm³/mol. The molecule has 0 saturated carbocycles. The van der Waals surface area contributed by atoms with Gasteiger partial charge in [0.1, 0.15) is 0 Å². The van der Waals surface area contributed by atoms with Crippen molar-refractivity contribution in [3.63, 3.8) is 0 Å². The van der Waals surface area contributed by atoms with Gasteiger partial charge in [0.15, 0.2) is 0 Å². The number of nitrogens with one attached hydrogen (secondary N) is 2. The van der Waals surface area contributed by atoms with E-state index < -0.39 is 0 Å². The van der Waals surface area contributed by atoms with E-state index in [1.165, 1.54) is 38.8 Å². The van der Waals surface area contributed by atoms with Crippen molar-refractivity contribution in [1.29, 1.82) is 0 Å². The van der Waals surface area contributed by atoms with Crippen molar-refractivity contribution < 1.29 is 0 Å². The Morgan fingerprint density at radius 1 is 1.00 bits per heavy atom. The van der Waals surface area contributed by atoms with Gasteiger partial charge in [-0.25, -0.2) is 0 Å². The van der Waals surface area contributed by atoms with Crippen LogP contribution in [-0.2, 0) is 0 Å². The van der Waals surface area contributed by atoms with Gasteiger partial charge in [-0.3, -0.25) is 0 Å².